The van der Waals surface area contributed by atoms with E-state index in [2.05, 4.69) is 15.2 Å². The van der Waals surface area contributed by atoms with Gasteiger partial charge in [-0.05, 0) is 13.3 Å². The number of hydrogen-bond donors (Lipinski definition) is 0. The summed E-state index contributed by atoms with van der Waals surface area (Å²) < 4.78 is 12.3. The van der Waals surface area contributed by atoms with Crippen LogP contribution < -0.4 is 0 Å². The summed E-state index contributed by atoms with van der Waals surface area (Å²) in [5.41, 5.74) is 0.678. The van der Waals surface area contributed by atoms with Crippen LogP contribution in [0.5, 0.6) is 0 Å². The Bertz CT molecular complexity index is 545. The highest BCUT2D eigenvalue weighted by Gasteiger charge is 2.25. The summed E-state index contributed by atoms with van der Waals surface area (Å²) in [6.45, 7) is 4.09. The van der Waals surface area contributed by atoms with Crippen LogP contribution >= 0.6 is 11.6 Å². The van der Waals surface area contributed by atoms with Crippen molar-refractivity contribution in [3.05, 3.63) is 17.0 Å². The Balaban J connectivity index is 1.94. The summed E-state index contributed by atoms with van der Waals surface area (Å²) in [6, 6.07) is 0. The average molecular weight is 269 g/mol. The van der Waals surface area contributed by atoms with Gasteiger partial charge < -0.3 is 9.26 Å². The summed E-state index contributed by atoms with van der Waals surface area (Å²) in [5, 5.41) is 8.68. The molecule has 0 aromatic carbocycles. The molecule has 0 bridgehead atoms. The highest BCUT2D eigenvalue weighted by Crippen LogP contribution is 2.29. The second-order valence-corrected chi connectivity index (χ2v) is 4.58. The van der Waals surface area contributed by atoms with Crippen LogP contribution in [0, 0.1) is 0 Å². The van der Waals surface area contributed by atoms with Crippen molar-refractivity contribution in [3.63, 3.8) is 0 Å². The molecule has 3 rings (SSSR count). The molecule has 1 aliphatic rings. The molecule has 96 valence electrons. The molecule has 3 heterocycles. The van der Waals surface area contributed by atoms with E-state index in [1.54, 1.807) is 10.9 Å². The van der Waals surface area contributed by atoms with E-state index in [1.807, 2.05) is 6.92 Å². The van der Waals surface area contributed by atoms with Crippen molar-refractivity contribution in [1.82, 2.24) is 19.9 Å². The zero-order valence-corrected chi connectivity index (χ0v) is 10.7. The maximum atomic E-state index is 6.09. The number of halogens is 1. The Morgan fingerprint density at radius 3 is 3.17 bits per heavy atom. The van der Waals surface area contributed by atoms with Gasteiger partial charge in [-0.2, -0.15) is 10.1 Å². The van der Waals surface area contributed by atoms with E-state index in [4.69, 9.17) is 20.9 Å². The molecule has 2 aromatic rings. The van der Waals surface area contributed by atoms with Crippen molar-refractivity contribution < 1.29 is 9.26 Å². The van der Waals surface area contributed by atoms with Gasteiger partial charge in [-0.3, -0.25) is 4.68 Å². The van der Waals surface area contributed by atoms with Crippen LogP contribution in [-0.2, 0) is 11.3 Å². The molecule has 0 radical (unpaired) electrons. The number of aromatic nitrogens is 4. The molecular weight excluding hydrogens is 256 g/mol. The quantitative estimate of drug-likeness (QED) is 0.853. The van der Waals surface area contributed by atoms with Crippen molar-refractivity contribution in [2.45, 2.75) is 25.8 Å². The van der Waals surface area contributed by atoms with Gasteiger partial charge in [-0.1, -0.05) is 16.8 Å². The standard InChI is InChI=1S/C11H13ClN4O2/c1-2-16-9(8(12)5-13-16)11-14-10(15-18-11)7-3-4-17-6-7/h5,7H,2-4,6H2,1H3/t7-/m0/s1. The number of aryl methyl sites for hydroxylation is 1. The van der Waals surface area contributed by atoms with Gasteiger partial charge in [0.15, 0.2) is 5.82 Å². The van der Waals surface area contributed by atoms with E-state index in [1.165, 1.54) is 0 Å². The Kier molecular flexibility index (Phi) is 3.05. The lowest BCUT2D eigenvalue weighted by molar-refractivity contribution is 0.192. The lowest BCUT2D eigenvalue weighted by Crippen LogP contribution is -2.01. The fraction of sp³-hybridized carbons (Fsp3) is 0.545. The smallest absolute Gasteiger partial charge is 0.277 e. The van der Waals surface area contributed by atoms with E-state index >= 15 is 0 Å². The summed E-state index contributed by atoms with van der Waals surface area (Å²) in [4.78, 5) is 4.40. The molecule has 7 heteroatoms. The molecule has 2 aromatic heterocycles. The minimum atomic E-state index is 0.222. The zero-order chi connectivity index (χ0) is 12.5. The second kappa shape index (κ2) is 4.70. The van der Waals surface area contributed by atoms with Crippen LogP contribution in [0.1, 0.15) is 25.1 Å². The normalized spacial score (nSPS) is 19.6. The first-order valence-electron chi connectivity index (χ1n) is 5.92. The molecule has 1 aliphatic heterocycles. The third-order valence-electron chi connectivity index (χ3n) is 3.03. The highest BCUT2D eigenvalue weighted by atomic mass is 35.5. The number of nitrogens with zero attached hydrogens (tertiary/aromatic N) is 4. The monoisotopic (exact) mass is 268 g/mol. The third kappa shape index (κ3) is 1.91. The van der Waals surface area contributed by atoms with E-state index in [0.717, 1.165) is 13.0 Å². The van der Waals surface area contributed by atoms with Gasteiger partial charge >= 0.3 is 0 Å². The molecule has 1 saturated heterocycles. The van der Waals surface area contributed by atoms with Crippen molar-refractivity contribution in [2.24, 2.45) is 0 Å². The molecule has 0 saturated carbocycles. The SMILES string of the molecule is CCn1ncc(Cl)c1-c1nc([C@H]2CCOC2)no1. The Hall–Kier alpha value is -1.40. The first kappa shape index (κ1) is 11.7. The van der Waals surface area contributed by atoms with Gasteiger partial charge in [-0.25, -0.2) is 0 Å². The minimum Gasteiger partial charge on any atom is -0.381 e. The molecule has 0 unspecified atom stereocenters. The van der Waals surface area contributed by atoms with E-state index in [9.17, 15) is 0 Å². The molecule has 0 spiro atoms. The second-order valence-electron chi connectivity index (χ2n) is 4.18. The molecule has 0 amide bonds. The zero-order valence-electron chi connectivity index (χ0n) is 9.97. The summed E-state index contributed by atoms with van der Waals surface area (Å²) >= 11 is 6.09. The molecule has 18 heavy (non-hydrogen) atoms. The molecule has 1 fully saturated rings. The number of rotatable bonds is 3. The van der Waals surface area contributed by atoms with Crippen LogP contribution in [-0.4, -0.2) is 33.1 Å². The lowest BCUT2D eigenvalue weighted by Gasteiger charge is -2.00. The van der Waals surface area contributed by atoms with Crippen LogP contribution in [0.25, 0.3) is 11.6 Å². The summed E-state index contributed by atoms with van der Waals surface area (Å²) in [6.07, 6.45) is 2.52. The third-order valence-corrected chi connectivity index (χ3v) is 3.31. The van der Waals surface area contributed by atoms with Gasteiger partial charge in [0.2, 0.25) is 0 Å². The van der Waals surface area contributed by atoms with E-state index < -0.39 is 0 Å². The number of ether oxygens (including phenoxy) is 1. The Morgan fingerprint density at radius 2 is 2.44 bits per heavy atom. The van der Waals surface area contributed by atoms with E-state index in [0.29, 0.717) is 35.6 Å². The fourth-order valence-corrected chi connectivity index (χ4v) is 2.27. The maximum absolute atomic E-state index is 6.09. The van der Waals surface area contributed by atoms with Crippen molar-refractivity contribution in [1.29, 1.82) is 0 Å². The topological polar surface area (TPSA) is 66.0 Å². The first-order chi connectivity index (χ1) is 8.79. The predicted molar refractivity (Wildman–Crippen MR) is 64.4 cm³/mol. The van der Waals surface area contributed by atoms with Crippen molar-refractivity contribution in [3.8, 4) is 11.6 Å². The molecule has 0 N–H and O–H groups in total. The van der Waals surface area contributed by atoms with Gasteiger partial charge in [0.1, 0.15) is 5.69 Å². The molecule has 0 aliphatic carbocycles. The fourth-order valence-electron chi connectivity index (χ4n) is 2.05. The summed E-state index contributed by atoms with van der Waals surface area (Å²) in [5.74, 6) is 1.32. The Labute approximate surface area is 109 Å². The van der Waals surface area contributed by atoms with Crippen LogP contribution in [0.2, 0.25) is 5.02 Å². The maximum Gasteiger partial charge on any atom is 0.277 e. The van der Waals surface area contributed by atoms with Gasteiger partial charge in [0.25, 0.3) is 5.89 Å². The largest absolute Gasteiger partial charge is 0.381 e. The van der Waals surface area contributed by atoms with Crippen LogP contribution in [0.4, 0.5) is 0 Å². The Morgan fingerprint density at radius 1 is 1.56 bits per heavy atom. The first-order valence-corrected chi connectivity index (χ1v) is 6.30. The lowest BCUT2D eigenvalue weighted by atomic mass is 10.1. The number of hydrogen-bond acceptors (Lipinski definition) is 5. The van der Waals surface area contributed by atoms with Gasteiger partial charge in [-0.15, -0.1) is 0 Å². The predicted octanol–water partition coefficient (Wildman–Crippen LogP) is 2.11. The molecule has 6 nitrogen and oxygen atoms in total. The average Bonchev–Trinajstić information content (AvgIpc) is 3.07. The highest BCUT2D eigenvalue weighted by molar-refractivity contribution is 6.32. The van der Waals surface area contributed by atoms with Gasteiger partial charge in [0, 0.05) is 19.1 Å². The van der Waals surface area contributed by atoms with Crippen molar-refractivity contribution >= 4 is 11.6 Å². The molecular formula is C11H13ClN4O2. The molecule has 1 atom stereocenters. The van der Waals surface area contributed by atoms with Crippen LogP contribution in [0.3, 0.4) is 0 Å². The van der Waals surface area contributed by atoms with Crippen molar-refractivity contribution in [2.75, 3.05) is 13.2 Å². The van der Waals surface area contributed by atoms with Gasteiger partial charge in [0.05, 0.1) is 17.8 Å². The summed E-state index contributed by atoms with van der Waals surface area (Å²) in [7, 11) is 0. The van der Waals surface area contributed by atoms with Crippen LogP contribution in [0.15, 0.2) is 10.7 Å². The minimum absolute atomic E-state index is 0.222. The van der Waals surface area contributed by atoms with E-state index in [-0.39, 0.29) is 5.92 Å².